The van der Waals surface area contributed by atoms with E-state index in [1.807, 2.05) is 24.3 Å². The van der Waals surface area contributed by atoms with Crippen molar-refractivity contribution in [3.8, 4) is 5.88 Å². The molecule has 1 N–H and O–H groups in total. The molecule has 2 aliphatic heterocycles. The van der Waals surface area contributed by atoms with E-state index in [0.717, 1.165) is 10.9 Å². The van der Waals surface area contributed by atoms with Crippen LogP contribution in [0.4, 0.5) is 18.0 Å². The van der Waals surface area contributed by atoms with Gasteiger partial charge in [0, 0.05) is 18.0 Å². The second kappa shape index (κ2) is 12.6. The number of ether oxygens (including phenoxy) is 4. The van der Waals surface area contributed by atoms with Crippen molar-refractivity contribution >= 4 is 34.8 Å². The van der Waals surface area contributed by atoms with E-state index in [-0.39, 0.29) is 25.5 Å². The van der Waals surface area contributed by atoms with Crippen molar-refractivity contribution in [2.75, 3.05) is 13.2 Å². The molecule has 4 atom stereocenters. The highest BCUT2D eigenvalue weighted by Gasteiger charge is 2.56. The van der Waals surface area contributed by atoms with E-state index in [2.05, 4.69) is 15.0 Å². The number of carbonyl (C=O) groups is 3. The first-order valence-corrected chi connectivity index (χ1v) is 13.7. The third-order valence-corrected chi connectivity index (χ3v) is 6.90. The molecule has 2 aliphatic rings. The van der Waals surface area contributed by atoms with Gasteiger partial charge in [0.15, 0.2) is 6.23 Å². The Kier molecular flexibility index (Phi) is 9.29. The first kappa shape index (κ1) is 31.1. The summed E-state index contributed by atoms with van der Waals surface area (Å²) < 4.78 is 62.4. The number of esters is 1. The van der Waals surface area contributed by atoms with Crippen LogP contribution in [0.5, 0.6) is 5.88 Å². The summed E-state index contributed by atoms with van der Waals surface area (Å²) in [6.45, 7) is 6.35. The zero-order chi connectivity index (χ0) is 30.7. The maximum absolute atomic E-state index is 14.1. The van der Waals surface area contributed by atoms with Gasteiger partial charge in [-0.15, -0.1) is 13.2 Å². The number of carbonyl (C=O) groups excluding carboxylic acids is 3. The lowest BCUT2D eigenvalue weighted by Crippen LogP contribution is -2.60. The lowest BCUT2D eigenvalue weighted by molar-refractivity contribution is -0.361. The van der Waals surface area contributed by atoms with Crippen molar-refractivity contribution < 1.29 is 46.5 Å². The van der Waals surface area contributed by atoms with Crippen LogP contribution in [-0.4, -0.2) is 71.8 Å². The van der Waals surface area contributed by atoms with Crippen LogP contribution in [0.2, 0.25) is 0 Å². The van der Waals surface area contributed by atoms with Gasteiger partial charge in [-0.25, -0.2) is 14.6 Å². The van der Waals surface area contributed by atoms with Crippen LogP contribution in [0.25, 0.3) is 16.8 Å². The molecule has 4 bridgehead atoms. The van der Waals surface area contributed by atoms with E-state index in [4.69, 9.17) is 14.2 Å². The number of pyridine rings is 1. The van der Waals surface area contributed by atoms with Gasteiger partial charge in [0.25, 0.3) is 0 Å². The summed E-state index contributed by atoms with van der Waals surface area (Å²) in [4.78, 5) is 44.7. The third-order valence-electron chi connectivity index (χ3n) is 6.90. The molecule has 0 aliphatic carbocycles. The van der Waals surface area contributed by atoms with Crippen molar-refractivity contribution in [2.24, 2.45) is 5.41 Å². The van der Waals surface area contributed by atoms with Gasteiger partial charge in [0.2, 0.25) is 11.8 Å². The average Bonchev–Trinajstić information content (AvgIpc) is 3.24. The van der Waals surface area contributed by atoms with Gasteiger partial charge in [-0.1, -0.05) is 45.1 Å². The summed E-state index contributed by atoms with van der Waals surface area (Å²) in [6, 6.07) is 4.28. The lowest BCUT2D eigenvalue weighted by Gasteiger charge is -2.37. The molecule has 2 amide bonds. The van der Waals surface area contributed by atoms with Crippen LogP contribution in [0, 0.1) is 5.41 Å². The highest BCUT2D eigenvalue weighted by atomic mass is 19.4. The molecule has 0 radical (unpaired) electrons. The number of halogens is 3. The van der Waals surface area contributed by atoms with E-state index in [1.165, 1.54) is 13.1 Å². The third kappa shape index (κ3) is 7.30. The number of nitrogens with zero attached hydrogens (tertiary/aromatic N) is 2. The highest BCUT2D eigenvalue weighted by molar-refractivity contribution is 5.91. The Morgan fingerprint density at radius 2 is 1.95 bits per heavy atom. The number of alkyl halides is 3. The normalized spacial score (nSPS) is 24.8. The van der Waals surface area contributed by atoms with Crippen molar-refractivity contribution in [2.45, 2.75) is 77.7 Å². The van der Waals surface area contributed by atoms with Crippen LogP contribution in [0.3, 0.4) is 0 Å². The van der Waals surface area contributed by atoms with Crippen molar-refractivity contribution in [1.82, 2.24) is 15.2 Å². The molecule has 228 valence electrons. The summed E-state index contributed by atoms with van der Waals surface area (Å²) in [5, 5.41) is 3.72. The molecule has 13 heteroatoms. The van der Waals surface area contributed by atoms with Gasteiger partial charge in [0.1, 0.15) is 18.2 Å². The highest BCUT2D eigenvalue weighted by Crippen LogP contribution is 2.37. The quantitative estimate of drug-likeness (QED) is 0.497. The van der Waals surface area contributed by atoms with E-state index < -0.39 is 54.2 Å². The number of nitrogens with one attached hydrogen (secondary N) is 1. The molecule has 2 aromatic rings. The number of amides is 2. The Bertz CT molecular complexity index is 1340. The fourth-order valence-electron chi connectivity index (χ4n) is 4.95. The number of alkyl carbamates (subject to hydrolysis) is 1. The number of hydrogen-bond donors (Lipinski definition) is 1. The smallest absolute Gasteiger partial charge is 0.469 e. The molecule has 10 nitrogen and oxygen atoms in total. The Balaban J connectivity index is 1.86. The van der Waals surface area contributed by atoms with Crippen LogP contribution < -0.4 is 10.1 Å². The molecule has 1 aromatic heterocycles. The minimum absolute atomic E-state index is 0.00984. The van der Waals surface area contributed by atoms with Gasteiger partial charge < -0.3 is 19.5 Å². The van der Waals surface area contributed by atoms with Crippen LogP contribution >= 0.6 is 0 Å². The molecule has 0 saturated carbocycles. The molecule has 0 spiro atoms. The predicted molar refractivity (Wildman–Crippen MR) is 145 cm³/mol. The second-order valence-electron chi connectivity index (χ2n) is 11.1. The van der Waals surface area contributed by atoms with Gasteiger partial charge >= 0.3 is 18.4 Å². The maximum atomic E-state index is 14.1. The number of hydrogen-bond acceptors (Lipinski definition) is 8. The molecule has 1 aromatic carbocycles. The predicted octanol–water partition coefficient (Wildman–Crippen LogP) is 4.96. The largest absolute Gasteiger partial charge is 0.524 e. The number of rotatable bonds is 3. The topological polar surface area (TPSA) is 116 Å². The SMILES string of the molecule is CCOC(=O)[C@@H]1C[C@H]2Oc3nccc4ccc(cc34)/C=C/CCCOC(=O)N[C@@H](C(C)(C)C)C(=O)N1C2OC(F)(F)F. The summed E-state index contributed by atoms with van der Waals surface area (Å²) >= 11 is 0. The molecular formula is C29H34F3N3O7. The fourth-order valence-corrected chi connectivity index (χ4v) is 4.95. The van der Waals surface area contributed by atoms with Gasteiger partial charge in [-0.05, 0) is 48.3 Å². The Morgan fingerprint density at radius 3 is 2.64 bits per heavy atom. The first-order valence-electron chi connectivity index (χ1n) is 13.7. The molecule has 3 heterocycles. The lowest BCUT2D eigenvalue weighted by atomic mass is 9.85. The summed E-state index contributed by atoms with van der Waals surface area (Å²) in [7, 11) is 0. The first-order chi connectivity index (χ1) is 19.8. The monoisotopic (exact) mass is 593 g/mol. The number of benzene rings is 1. The molecule has 1 fully saturated rings. The summed E-state index contributed by atoms with van der Waals surface area (Å²) in [5.41, 5.74) is -0.224. The van der Waals surface area contributed by atoms with Gasteiger partial charge in [-0.3, -0.25) is 14.4 Å². The summed E-state index contributed by atoms with van der Waals surface area (Å²) in [5.74, 6) is -1.92. The number of fused-ring (bicyclic) bond motifs is 3. The zero-order valence-corrected chi connectivity index (χ0v) is 23.8. The number of allylic oxidation sites excluding steroid dienone is 1. The molecule has 42 heavy (non-hydrogen) atoms. The van der Waals surface area contributed by atoms with Crippen LogP contribution in [0.1, 0.15) is 52.5 Å². The van der Waals surface area contributed by atoms with Crippen molar-refractivity contribution in [1.29, 1.82) is 0 Å². The summed E-state index contributed by atoms with van der Waals surface area (Å²) in [6.07, 6.45) is -3.81. The molecular weight excluding hydrogens is 559 g/mol. The minimum atomic E-state index is -5.21. The Labute approximate surface area is 241 Å². The van der Waals surface area contributed by atoms with Crippen LogP contribution in [0.15, 0.2) is 36.5 Å². The number of aromatic nitrogens is 1. The Hall–Kier alpha value is -3.87. The van der Waals surface area contributed by atoms with Crippen molar-refractivity contribution in [3.63, 3.8) is 0 Å². The molecule has 1 saturated heterocycles. The average molecular weight is 594 g/mol. The minimum Gasteiger partial charge on any atom is -0.469 e. The van der Waals surface area contributed by atoms with E-state index in [0.29, 0.717) is 23.1 Å². The van der Waals surface area contributed by atoms with E-state index >= 15 is 0 Å². The van der Waals surface area contributed by atoms with E-state index in [1.54, 1.807) is 32.9 Å². The Morgan fingerprint density at radius 1 is 1.19 bits per heavy atom. The maximum Gasteiger partial charge on any atom is 0.524 e. The second-order valence-corrected chi connectivity index (χ2v) is 11.1. The standard InChI is InChI=1S/C29H34F3N3O7/c1-5-39-26(37)20-16-21-25(42-29(30,31)32)35(20)24(36)22(28(2,3)4)34-27(38)40-14-8-6-7-9-17-10-11-18-12-13-33-23(41-21)19(18)15-17/h7,9-13,15,20-22,25H,5-6,8,14,16H2,1-4H3,(H,34,38)/b9-7+/t20-,21+,22+,25?/m0/s1. The van der Waals surface area contributed by atoms with Gasteiger partial charge in [0.05, 0.1) is 13.2 Å². The molecule has 4 rings (SSSR count). The molecule has 1 unspecified atom stereocenters. The fraction of sp³-hybridized carbons (Fsp3) is 0.517. The zero-order valence-electron chi connectivity index (χ0n) is 23.8. The van der Waals surface area contributed by atoms with Crippen LogP contribution in [-0.2, 0) is 23.8 Å². The number of cyclic esters (lactones) is 1. The van der Waals surface area contributed by atoms with Crippen molar-refractivity contribution in [3.05, 3.63) is 42.1 Å². The van der Waals surface area contributed by atoms with E-state index in [9.17, 15) is 27.6 Å². The van der Waals surface area contributed by atoms with Gasteiger partial charge in [-0.2, -0.15) is 0 Å².